The van der Waals surface area contributed by atoms with Crippen molar-refractivity contribution >= 4 is 28.5 Å². The lowest BCUT2D eigenvalue weighted by Gasteiger charge is -1.98. The first-order valence-electron chi connectivity index (χ1n) is 4.76. The molecule has 1 aromatic carbocycles. The average molecular weight is 247 g/mol. The number of benzene rings is 1. The van der Waals surface area contributed by atoms with Crippen molar-refractivity contribution in [1.29, 1.82) is 0 Å². The van der Waals surface area contributed by atoms with Gasteiger partial charge >= 0.3 is 0 Å². The van der Waals surface area contributed by atoms with Crippen molar-refractivity contribution < 1.29 is 9.63 Å². The Balaban J connectivity index is 2.16. The van der Waals surface area contributed by atoms with Crippen LogP contribution in [0.25, 0.3) is 0 Å². The molecule has 0 saturated carbocycles. The van der Waals surface area contributed by atoms with Crippen LogP contribution in [0.3, 0.4) is 0 Å². The van der Waals surface area contributed by atoms with Gasteiger partial charge in [-0.3, -0.25) is 4.79 Å². The Morgan fingerprint density at radius 3 is 2.76 bits per heavy atom. The number of nitrogen functional groups attached to an aromatic ring is 1. The van der Waals surface area contributed by atoms with Gasteiger partial charge in [-0.15, -0.1) is 11.3 Å². The molecule has 1 heterocycles. The van der Waals surface area contributed by atoms with Crippen molar-refractivity contribution in [2.24, 2.45) is 5.16 Å². The van der Waals surface area contributed by atoms with E-state index in [2.05, 4.69) is 10.1 Å². The zero-order valence-corrected chi connectivity index (χ0v) is 9.55. The number of carbonyl (C=O) groups is 1. The standard InChI is InChI=1S/C11H9N3O2S/c12-11-13-10(7-17-11)9(6-15)14-16-8-4-2-1-3-5-8/h1-7H,(H2,12,13)/b14-9-. The van der Waals surface area contributed by atoms with Crippen LogP contribution in [-0.2, 0) is 4.79 Å². The normalized spacial score (nSPS) is 11.2. The van der Waals surface area contributed by atoms with Gasteiger partial charge in [0.25, 0.3) is 0 Å². The number of hydrogen-bond donors (Lipinski definition) is 1. The van der Waals surface area contributed by atoms with E-state index in [0.717, 1.165) is 0 Å². The summed E-state index contributed by atoms with van der Waals surface area (Å²) in [7, 11) is 0. The number of nitrogens with zero attached hydrogens (tertiary/aromatic N) is 2. The summed E-state index contributed by atoms with van der Waals surface area (Å²) in [4.78, 5) is 19.9. The molecule has 0 bridgehead atoms. The van der Waals surface area contributed by atoms with Gasteiger partial charge in [-0.2, -0.15) is 0 Å². The van der Waals surface area contributed by atoms with Crippen molar-refractivity contribution in [2.45, 2.75) is 0 Å². The molecule has 0 aliphatic heterocycles. The van der Waals surface area contributed by atoms with Gasteiger partial charge in [-0.1, -0.05) is 23.4 Å². The lowest BCUT2D eigenvalue weighted by molar-refractivity contribution is -0.102. The smallest absolute Gasteiger partial charge is 0.180 e. The van der Waals surface area contributed by atoms with Gasteiger partial charge in [0, 0.05) is 5.38 Å². The number of aldehydes is 1. The van der Waals surface area contributed by atoms with Crippen molar-refractivity contribution in [3.63, 3.8) is 0 Å². The third kappa shape index (κ3) is 2.88. The molecule has 0 spiro atoms. The van der Waals surface area contributed by atoms with Crippen molar-refractivity contribution in [3.05, 3.63) is 41.4 Å². The van der Waals surface area contributed by atoms with Gasteiger partial charge in [0.1, 0.15) is 5.69 Å². The molecule has 17 heavy (non-hydrogen) atoms. The van der Waals surface area contributed by atoms with Crippen LogP contribution in [0.4, 0.5) is 5.13 Å². The number of carbonyl (C=O) groups excluding carboxylic acids is 1. The Morgan fingerprint density at radius 2 is 2.18 bits per heavy atom. The fourth-order valence-electron chi connectivity index (χ4n) is 1.12. The summed E-state index contributed by atoms with van der Waals surface area (Å²) < 4.78 is 0. The third-order valence-electron chi connectivity index (χ3n) is 1.89. The molecule has 0 saturated heterocycles. The summed E-state index contributed by atoms with van der Waals surface area (Å²) in [5.74, 6) is 0.551. The summed E-state index contributed by atoms with van der Waals surface area (Å²) in [6.07, 6.45) is 0.581. The second-order valence-electron chi connectivity index (χ2n) is 3.07. The summed E-state index contributed by atoms with van der Waals surface area (Å²) >= 11 is 1.24. The molecule has 5 nitrogen and oxygen atoms in total. The zero-order chi connectivity index (χ0) is 12.1. The van der Waals surface area contributed by atoms with E-state index in [0.29, 0.717) is 22.9 Å². The second kappa shape index (κ2) is 5.22. The maximum Gasteiger partial charge on any atom is 0.180 e. The van der Waals surface area contributed by atoms with E-state index in [4.69, 9.17) is 10.6 Å². The lowest BCUT2D eigenvalue weighted by atomic mass is 10.3. The van der Waals surface area contributed by atoms with Crippen LogP contribution in [-0.4, -0.2) is 17.0 Å². The first-order valence-corrected chi connectivity index (χ1v) is 5.64. The Bertz CT molecular complexity index is 537. The Morgan fingerprint density at radius 1 is 1.41 bits per heavy atom. The Hall–Kier alpha value is -2.21. The first kappa shape index (κ1) is 11.3. The largest absolute Gasteiger partial charge is 0.375 e. The highest BCUT2D eigenvalue weighted by Gasteiger charge is 2.07. The number of thiazole rings is 1. The maximum atomic E-state index is 10.8. The fraction of sp³-hybridized carbons (Fsp3) is 0. The van der Waals surface area contributed by atoms with Gasteiger partial charge < -0.3 is 10.6 Å². The molecular weight excluding hydrogens is 238 g/mol. The van der Waals surface area contributed by atoms with Crippen LogP contribution >= 0.6 is 11.3 Å². The maximum absolute atomic E-state index is 10.8. The summed E-state index contributed by atoms with van der Waals surface area (Å²) in [5.41, 5.74) is 6.00. The number of anilines is 1. The van der Waals surface area contributed by atoms with Crippen LogP contribution < -0.4 is 10.6 Å². The zero-order valence-electron chi connectivity index (χ0n) is 8.74. The lowest BCUT2D eigenvalue weighted by Crippen LogP contribution is -2.05. The van der Waals surface area contributed by atoms with Gasteiger partial charge in [0.15, 0.2) is 22.9 Å². The number of nitrogens with two attached hydrogens (primary N) is 1. The number of oxime groups is 1. The highest BCUT2D eigenvalue weighted by Crippen LogP contribution is 2.13. The Labute approximate surface area is 102 Å². The first-order chi connectivity index (χ1) is 8.29. The van der Waals surface area contributed by atoms with Crippen LogP contribution in [0.5, 0.6) is 5.75 Å². The molecule has 0 aliphatic carbocycles. The molecule has 1 aromatic heterocycles. The molecule has 0 fully saturated rings. The molecule has 86 valence electrons. The van der Waals surface area contributed by atoms with Crippen LogP contribution in [0.15, 0.2) is 40.9 Å². The van der Waals surface area contributed by atoms with Crippen molar-refractivity contribution in [1.82, 2.24) is 4.98 Å². The van der Waals surface area contributed by atoms with E-state index >= 15 is 0 Å². The van der Waals surface area contributed by atoms with Crippen molar-refractivity contribution in [3.8, 4) is 5.75 Å². The second-order valence-corrected chi connectivity index (χ2v) is 3.96. The van der Waals surface area contributed by atoms with Gasteiger partial charge in [-0.05, 0) is 12.1 Å². The van der Waals surface area contributed by atoms with Gasteiger partial charge in [-0.25, -0.2) is 4.98 Å². The summed E-state index contributed by atoms with van der Waals surface area (Å²) in [6, 6.07) is 8.96. The fourth-order valence-corrected chi connectivity index (χ4v) is 1.67. The highest BCUT2D eigenvalue weighted by molar-refractivity contribution is 7.13. The molecule has 0 radical (unpaired) electrons. The van der Waals surface area contributed by atoms with Gasteiger partial charge in [0.2, 0.25) is 0 Å². The minimum atomic E-state index is 0.113. The predicted octanol–water partition coefficient (Wildman–Crippen LogP) is 1.71. The quantitative estimate of drug-likeness (QED) is 0.507. The van der Waals surface area contributed by atoms with E-state index in [1.54, 1.807) is 17.5 Å². The molecular formula is C11H9N3O2S. The van der Waals surface area contributed by atoms with Gasteiger partial charge in [0.05, 0.1) is 0 Å². The monoisotopic (exact) mass is 247 g/mol. The summed E-state index contributed by atoms with van der Waals surface area (Å²) in [6.45, 7) is 0. The van der Waals surface area contributed by atoms with E-state index in [1.807, 2.05) is 18.2 Å². The molecule has 2 rings (SSSR count). The predicted molar refractivity (Wildman–Crippen MR) is 66.2 cm³/mol. The van der Waals surface area contributed by atoms with E-state index < -0.39 is 0 Å². The minimum absolute atomic E-state index is 0.113. The third-order valence-corrected chi connectivity index (χ3v) is 2.56. The topological polar surface area (TPSA) is 77.6 Å². The number of hydrogen-bond acceptors (Lipinski definition) is 6. The van der Waals surface area contributed by atoms with Crippen LogP contribution in [0.1, 0.15) is 5.69 Å². The molecule has 2 aromatic rings. The average Bonchev–Trinajstić information content (AvgIpc) is 2.78. The van der Waals surface area contributed by atoms with Crippen LogP contribution in [0.2, 0.25) is 0 Å². The molecule has 0 amide bonds. The van der Waals surface area contributed by atoms with Crippen LogP contribution in [0, 0.1) is 0 Å². The van der Waals surface area contributed by atoms with E-state index in [-0.39, 0.29) is 5.71 Å². The van der Waals surface area contributed by atoms with E-state index in [1.165, 1.54) is 11.3 Å². The molecule has 6 heteroatoms. The van der Waals surface area contributed by atoms with E-state index in [9.17, 15) is 4.79 Å². The van der Waals surface area contributed by atoms with Crippen molar-refractivity contribution in [2.75, 3.05) is 5.73 Å². The highest BCUT2D eigenvalue weighted by atomic mass is 32.1. The molecule has 0 atom stereocenters. The molecule has 2 N–H and O–H groups in total. The number of aromatic nitrogens is 1. The number of para-hydroxylation sites is 1. The summed E-state index contributed by atoms with van der Waals surface area (Å²) in [5, 5.41) is 5.77. The number of rotatable bonds is 4. The minimum Gasteiger partial charge on any atom is -0.375 e. The Kier molecular flexibility index (Phi) is 3.46. The molecule has 0 aliphatic rings. The molecule has 0 unspecified atom stereocenters. The SMILES string of the molecule is Nc1nc(/C(C=O)=N\Oc2ccccc2)cs1.